The fourth-order valence-corrected chi connectivity index (χ4v) is 1.38. The summed E-state index contributed by atoms with van der Waals surface area (Å²) in [5.74, 6) is 1.65. The van der Waals surface area contributed by atoms with E-state index in [0.29, 0.717) is 0 Å². The summed E-state index contributed by atoms with van der Waals surface area (Å²) >= 11 is 0. The Hall–Kier alpha value is -1.84. The second kappa shape index (κ2) is 3.14. The molecule has 0 aliphatic rings. The van der Waals surface area contributed by atoms with Crippen molar-refractivity contribution in [2.45, 2.75) is 13.8 Å². The first-order chi connectivity index (χ1) is 6.66. The van der Waals surface area contributed by atoms with E-state index in [0.717, 1.165) is 22.8 Å². The van der Waals surface area contributed by atoms with Crippen LogP contribution in [0.2, 0.25) is 0 Å². The Balaban J connectivity index is 2.54. The van der Waals surface area contributed by atoms with Gasteiger partial charge in [0.15, 0.2) is 0 Å². The molecular formula is C10H10N2O2. The molecular weight excluding hydrogens is 180 g/mol. The zero-order valence-electron chi connectivity index (χ0n) is 8.00. The van der Waals surface area contributed by atoms with Crippen molar-refractivity contribution in [3.05, 3.63) is 40.1 Å². The van der Waals surface area contributed by atoms with Crippen LogP contribution in [0.15, 0.2) is 27.4 Å². The van der Waals surface area contributed by atoms with Crippen molar-refractivity contribution in [3.63, 3.8) is 0 Å². The van der Waals surface area contributed by atoms with Crippen LogP contribution in [0.1, 0.15) is 11.5 Å². The average molecular weight is 190 g/mol. The molecule has 0 spiro atoms. The van der Waals surface area contributed by atoms with Gasteiger partial charge in [0.05, 0.1) is 5.69 Å². The van der Waals surface area contributed by atoms with Crippen LogP contribution in [-0.2, 0) is 0 Å². The third kappa shape index (κ3) is 1.46. The zero-order chi connectivity index (χ0) is 10.1. The van der Waals surface area contributed by atoms with Crippen molar-refractivity contribution in [2.24, 2.45) is 0 Å². The molecule has 0 unspecified atom stereocenters. The highest BCUT2D eigenvalue weighted by Gasteiger charge is 2.07. The van der Waals surface area contributed by atoms with Gasteiger partial charge in [-0.25, -0.2) is 5.10 Å². The normalized spacial score (nSPS) is 10.4. The number of hydrogen-bond acceptors (Lipinski definition) is 3. The summed E-state index contributed by atoms with van der Waals surface area (Å²) in [4.78, 5) is 10.8. The number of H-pyrrole nitrogens is 1. The first-order valence-electron chi connectivity index (χ1n) is 4.30. The van der Waals surface area contributed by atoms with Crippen LogP contribution in [0.3, 0.4) is 0 Å². The minimum atomic E-state index is -0.202. The topological polar surface area (TPSA) is 58.9 Å². The van der Waals surface area contributed by atoms with Gasteiger partial charge in [-0.3, -0.25) is 4.79 Å². The molecule has 4 nitrogen and oxygen atoms in total. The lowest BCUT2D eigenvalue weighted by Crippen LogP contribution is -2.05. The third-order valence-corrected chi connectivity index (χ3v) is 2.00. The third-order valence-electron chi connectivity index (χ3n) is 2.00. The lowest BCUT2D eigenvalue weighted by atomic mass is 10.2. The van der Waals surface area contributed by atoms with Crippen molar-refractivity contribution >= 4 is 0 Å². The lowest BCUT2D eigenvalue weighted by molar-refractivity contribution is 0.505. The van der Waals surface area contributed by atoms with Crippen LogP contribution in [0.4, 0.5) is 0 Å². The van der Waals surface area contributed by atoms with Gasteiger partial charge in [0.1, 0.15) is 11.5 Å². The van der Waals surface area contributed by atoms with Crippen molar-refractivity contribution in [3.8, 4) is 11.3 Å². The smallest absolute Gasteiger partial charge is 0.264 e. The highest BCUT2D eigenvalue weighted by molar-refractivity contribution is 5.60. The molecule has 0 aromatic carbocycles. The first-order valence-corrected chi connectivity index (χ1v) is 4.30. The molecule has 1 N–H and O–H groups in total. The molecule has 0 saturated carbocycles. The highest BCUT2D eigenvalue weighted by atomic mass is 16.3. The minimum absolute atomic E-state index is 0.202. The van der Waals surface area contributed by atoms with Crippen molar-refractivity contribution in [1.82, 2.24) is 10.2 Å². The van der Waals surface area contributed by atoms with Crippen LogP contribution in [0.5, 0.6) is 0 Å². The molecule has 14 heavy (non-hydrogen) atoms. The number of aromatic nitrogens is 2. The fraction of sp³-hybridized carbons (Fsp3) is 0.200. The molecule has 0 aliphatic carbocycles. The predicted octanol–water partition coefficient (Wildman–Crippen LogP) is 1.65. The van der Waals surface area contributed by atoms with Crippen LogP contribution < -0.4 is 5.56 Å². The summed E-state index contributed by atoms with van der Waals surface area (Å²) in [5, 5.41) is 6.31. The van der Waals surface area contributed by atoms with E-state index >= 15 is 0 Å². The number of furan rings is 1. The van der Waals surface area contributed by atoms with Crippen LogP contribution in [0, 0.1) is 13.8 Å². The Morgan fingerprint density at radius 3 is 2.64 bits per heavy atom. The van der Waals surface area contributed by atoms with Gasteiger partial charge in [-0.05, 0) is 26.0 Å². The standard InChI is InChI=1S/C10H10N2O2/c1-6-5-8(7(2)14-6)9-3-4-10(13)12-11-9/h3-5H,1-2H3,(H,12,13). The van der Waals surface area contributed by atoms with Gasteiger partial charge in [0, 0.05) is 11.6 Å². The Morgan fingerprint density at radius 1 is 1.36 bits per heavy atom. The lowest BCUT2D eigenvalue weighted by Gasteiger charge is -1.94. The second-order valence-electron chi connectivity index (χ2n) is 3.13. The molecule has 0 fully saturated rings. The summed E-state index contributed by atoms with van der Waals surface area (Å²) in [6, 6.07) is 5.02. The van der Waals surface area contributed by atoms with E-state index < -0.39 is 0 Å². The van der Waals surface area contributed by atoms with Crippen LogP contribution in [-0.4, -0.2) is 10.2 Å². The quantitative estimate of drug-likeness (QED) is 0.743. The molecule has 0 atom stereocenters. The number of aromatic amines is 1. The maximum Gasteiger partial charge on any atom is 0.264 e. The van der Waals surface area contributed by atoms with Gasteiger partial charge in [-0.15, -0.1) is 0 Å². The maximum absolute atomic E-state index is 10.8. The molecule has 0 radical (unpaired) electrons. The van der Waals surface area contributed by atoms with Crippen LogP contribution in [0.25, 0.3) is 11.3 Å². The zero-order valence-corrected chi connectivity index (χ0v) is 8.00. The summed E-state index contributed by atoms with van der Waals surface area (Å²) in [6.45, 7) is 3.75. The van der Waals surface area contributed by atoms with Crippen molar-refractivity contribution in [1.29, 1.82) is 0 Å². The summed E-state index contributed by atoms with van der Waals surface area (Å²) < 4.78 is 5.37. The molecule has 2 rings (SSSR count). The Kier molecular flexibility index (Phi) is 1.96. The average Bonchev–Trinajstić information content (AvgIpc) is 2.47. The molecule has 0 saturated heterocycles. The van der Waals surface area contributed by atoms with Gasteiger partial charge in [0.2, 0.25) is 0 Å². The molecule has 0 amide bonds. The first kappa shape index (κ1) is 8.74. The monoisotopic (exact) mass is 190 g/mol. The van der Waals surface area contributed by atoms with E-state index in [1.54, 1.807) is 6.07 Å². The molecule has 0 bridgehead atoms. The summed E-state index contributed by atoms with van der Waals surface area (Å²) in [5.41, 5.74) is 1.43. The molecule has 2 aromatic rings. The number of rotatable bonds is 1. The van der Waals surface area contributed by atoms with Crippen molar-refractivity contribution < 1.29 is 4.42 Å². The molecule has 0 aliphatic heterocycles. The van der Waals surface area contributed by atoms with E-state index in [4.69, 9.17) is 4.42 Å². The SMILES string of the molecule is Cc1cc(-c2ccc(=O)[nH]n2)c(C)o1. The minimum Gasteiger partial charge on any atom is -0.466 e. The molecule has 72 valence electrons. The molecule has 4 heteroatoms. The van der Waals surface area contributed by atoms with Crippen molar-refractivity contribution in [2.75, 3.05) is 0 Å². The molecule has 2 heterocycles. The Labute approximate surface area is 80.6 Å². The van der Waals surface area contributed by atoms with Gasteiger partial charge < -0.3 is 4.42 Å². The van der Waals surface area contributed by atoms with E-state index in [-0.39, 0.29) is 5.56 Å². The van der Waals surface area contributed by atoms with Gasteiger partial charge in [0.25, 0.3) is 5.56 Å². The Bertz CT molecular complexity index is 491. The van der Waals surface area contributed by atoms with Gasteiger partial charge in [-0.2, -0.15) is 5.10 Å². The number of nitrogens with one attached hydrogen (secondary N) is 1. The Morgan fingerprint density at radius 2 is 2.14 bits per heavy atom. The predicted molar refractivity (Wildman–Crippen MR) is 52.0 cm³/mol. The number of aryl methyl sites for hydroxylation is 2. The fourth-order valence-electron chi connectivity index (χ4n) is 1.38. The summed E-state index contributed by atoms with van der Waals surface area (Å²) in [7, 11) is 0. The van der Waals surface area contributed by atoms with Crippen LogP contribution >= 0.6 is 0 Å². The van der Waals surface area contributed by atoms with Gasteiger partial charge >= 0.3 is 0 Å². The van der Waals surface area contributed by atoms with E-state index in [2.05, 4.69) is 10.2 Å². The number of nitrogens with zero attached hydrogens (tertiary/aromatic N) is 1. The second-order valence-corrected chi connectivity index (χ2v) is 3.13. The maximum atomic E-state index is 10.8. The van der Waals surface area contributed by atoms with E-state index in [1.807, 2.05) is 19.9 Å². The van der Waals surface area contributed by atoms with Gasteiger partial charge in [-0.1, -0.05) is 0 Å². The van der Waals surface area contributed by atoms with E-state index in [9.17, 15) is 4.79 Å². The summed E-state index contributed by atoms with van der Waals surface area (Å²) in [6.07, 6.45) is 0. The molecule has 2 aromatic heterocycles. The highest BCUT2D eigenvalue weighted by Crippen LogP contribution is 2.23. The number of hydrogen-bond donors (Lipinski definition) is 1. The largest absolute Gasteiger partial charge is 0.466 e. The van der Waals surface area contributed by atoms with E-state index in [1.165, 1.54) is 6.07 Å².